The van der Waals surface area contributed by atoms with Crippen LogP contribution in [0, 0.1) is 6.07 Å². The van der Waals surface area contributed by atoms with Gasteiger partial charge in [-0.05, 0) is 107 Å². The van der Waals surface area contributed by atoms with Crippen molar-refractivity contribution in [1.29, 1.82) is 0 Å². The Labute approximate surface area is 347 Å². The average Bonchev–Trinajstić information content (AvgIpc) is 2.91. The number of anilines is 1. The maximum Gasteiger partial charge on any atom is 2.00 e. The quantitative estimate of drug-likeness (QED) is 0.0842. The van der Waals surface area contributed by atoms with E-state index in [0.29, 0.717) is 0 Å². The van der Waals surface area contributed by atoms with Gasteiger partial charge in [0, 0.05) is 5.75 Å². The van der Waals surface area contributed by atoms with Gasteiger partial charge in [0.15, 0.2) is 0 Å². The molecule has 0 saturated carbocycles. The van der Waals surface area contributed by atoms with Gasteiger partial charge in [0.25, 0.3) is 0 Å². The fourth-order valence-electron chi connectivity index (χ4n) is 2.93. The predicted molar refractivity (Wildman–Crippen MR) is 186 cm³/mol. The van der Waals surface area contributed by atoms with Gasteiger partial charge in [-0.3, -0.25) is 0 Å². The Morgan fingerprint density at radius 3 is 1.23 bits per heavy atom. The van der Waals surface area contributed by atoms with E-state index in [1.54, 1.807) is 83.1 Å². The number of hydrogen-bond acceptors (Lipinski definition) is 10. The van der Waals surface area contributed by atoms with Crippen molar-refractivity contribution in [3.63, 3.8) is 0 Å². The molecule has 0 bridgehead atoms. The van der Waals surface area contributed by atoms with Gasteiger partial charge in [0.05, 0.1) is 5.69 Å². The van der Waals surface area contributed by atoms with E-state index in [0.717, 1.165) is 29.3 Å². The summed E-state index contributed by atoms with van der Waals surface area (Å²) in [5.41, 5.74) is -0.761. The fraction of sp³-hybridized carbons (Fsp3) is 0.529. The molecule has 2 aromatic carbocycles. The minimum atomic E-state index is -4.85. The van der Waals surface area contributed by atoms with Crippen LogP contribution in [0.1, 0.15) is 83.1 Å². The van der Waals surface area contributed by atoms with Crippen molar-refractivity contribution in [1.82, 2.24) is 5.43 Å². The van der Waals surface area contributed by atoms with E-state index < -0.39 is 65.3 Å². The Morgan fingerprint density at radius 1 is 0.571 bits per heavy atom. The molecule has 0 aliphatic rings. The van der Waals surface area contributed by atoms with Crippen LogP contribution in [0.4, 0.5) is 51.2 Å². The number of halogens is 7. The Balaban J connectivity index is -0.000000822. The van der Waals surface area contributed by atoms with Crippen molar-refractivity contribution in [3.8, 4) is 11.5 Å². The summed E-state index contributed by atoms with van der Waals surface area (Å²) in [5, 5.41) is 6.90. The van der Waals surface area contributed by atoms with Crippen LogP contribution < -0.4 is 36.9 Å². The molecular formula is C34H45BrF6MgN4O10. The molecule has 22 heteroatoms. The van der Waals surface area contributed by atoms with Gasteiger partial charge in [-0.25, -0.2) is 24.6 Å². The van der Waals surface area contributed by atoms with E-state index in [-0.39, 0.29) is 51.5 Å². The number of hydrazine groups is 1. The van der Waals surface area contributed by atoms with E-state index >= 15 is 0 Å². The minimum absolute atomic E-state index is 0. The summed E-state index contributed by atoms with van der Waals surface area (Å²) in [6.07, 6.45) is -13.2. The third kappa shape index (κ3) is 32.2. The molecule has 0 fully saturated rings. The van der Waals surface area contributed by atoms with Crippen molar-refractivity contribution in [2.75, 3.05) is 5.01 Å². The summed E-state index contributed by atoms with van der Waals surface area (Å²) >= 11 is 0. The number of benzene rings is 2. The van der Waals surface area contributed by atoms with Crippen LogP contribution >= 0.6 is 0 Å². The van der Waals surface area contributed by atoms with Crippen LogP contribution in [-0.4, -0.2) is 82.6 Å². The van der Waals surface area contributed by atoms with Crippen LogP contribution in [-0.2, 0) is 18.9 Å². The van der Waals surface area contributed by atoms with Crippen LogP contribution in [0.3, 0.4) is 0 Å². The zero-order valence-electron chi connectivity index (χ0n) is 32.9. The Bertz CT molecular complexity index is 1510. The number of carbonyl (C=O) groups is 4. The van der Waals surface area contributed by atoms with Crippen molar-refractivity contribution >= 4 is 53.1 Å². The van der Waals surface area contributed by atoms with E-state index in [2.05, 4.69) is 31.2 Å². The molecule has 0 saturated heterocycles. The summed E-state index contributed by atoms with van der Waals surface area (Å²) in [5.74, 6) is -0.705. The van der Waals surface area contributed by atoms with Crippen molar-refractivity contribution in [2.45, 2.75) is 118 Å². The van der Waals surface area contributed by atoms with E-state index in [1.807, 2.05) is 0 Å². The van der Waals surface area contributed by atoms with Gasteiger partial charge >= 0.3 is 60.2 Å². The number of nitrogens with one attached hydrogen (secondary N) is 1. The monoisotopic (exact) mass is 886 g/mol. The third-order valence-electron chi connectivity index (χ3n) is 4.43. The van der Waals surface area contributed by atoms with Crippen molar-refractivity contribution in [2.24, 2.45) is 10.2 Å². The number of amides is 4. The first-order chi connectivity index (χ1) is 24.1. The van der Waals surface area contributed by atoms with Crippen LogP contribution in [0.15, 0.2) is 58.8 Å². The topological polar surface area (TPSA) is 164 Å². The standard InChI is InChI=1S/C17H23F3N2O5.C10H18N2O4.C7H4F3O.BrH.Mg/c1-15(2,3)26-13(23)21-22(14(24)27-16(4,5)6)11-7-9-12(10-8-11)25-17(18,19)20;1-9(2,3)15-7(13)11-12-8(14)16-10(4,5)6;8-7(9,10)11-6-4-2-1-3-5-6;;/h7-10H,1-6H3,(H,21,23);1-6H3;2-5H;1H;/q;;-1;;+2/p-1. The van der Waals surface area contributed by atoms with E-state index in [1.165, 1.54) is 24.3 Å². The molecule has 0 atom stereocenters. The third-order valence-corrected chi connectivity index (χ3v) is 4.43. The SMILES string of the molecule is CC(C)(C)OC(=O)N=NC(=O)OC(C)(C)C.CC(C)(C)OC(=O)NN(C(=O)OC(C)(C)C)c1ccc(OC(F)(F)F)cc1.FC(F)(F)Oc1cc[c-]cc1.[Br-].[Mg+2]. The molecular weight excluding hydrogens is 843 g/mol. The number of nitrogens with zero attached hydrogens (tertiary/aromatic N) is 3. The molecule has 0 unspecified atom stereocenters. The van der Waals surface area contributed by atoms with Crippen LogP contribution in [0.5, 0.6) is 11.5 Å². The van der Waals surface area contributed by atoms with Gasteiger partial charge in [-0.2, -0.15) is 23.2 Å². The molecule has 2 aromatic rings. The van der Waals surface area contributed by atoms with Crippen LogP contribution in [0.2, 0.25) is 0 Å². The first-order valence-electron chi connectivity index (χ1n) is 15.6. The normalized spacial score (nSPS) is 11.7. The Kier molecular flexibility index (Phi) is 23.4. The molecule has 56 heavy (non-hydrogen) atoms. The average molecular weight is 888 g/mol. The second kappa shape index (κ2) is 23.2. The molecule has 1 N–H and O–H groups in total. The fourth-order valence-corrected chi connectivity index (χ4v) is 2.93. The molecule has 0 radical (unpaired) electrons. The number of rotatable bonds is 3. The number of ether oxygens (including phenoxy) is 6. The van der Waals surface area contributed by atoms with Gasteiger partial charge in [-0.15, -0.1) is 38.5 Å². The first-order valence-corrected chi connectivity index (χ1v) is 15.6. The second-order valence-corrected chi connectivity index (χ2v) is 14.4. The molecule has 0 aromatic heterocycles. The van der Waals surface area contributed by atoms with E-state index in [9.17, 15) is 45.5 Å². The molecule has 312 valence electrons. The van der Waals surface area contributed by atoms with Gasteiger partial charge < -0.3 is 45.4 Å². The van der Waals surface area contributed by atoms with Gasteiger partial charge in [-0.1, -0.05) is 10.2 Å². The second-order valence-electron chi connectivity index (χ2n) is 14.4. The summed E-state index contributed by atoms with van der Waals surface area (Å²) in [6, 6.07) is 11.9. The zero-order valence-corrected chi connectivity index (χ0v) is 35.9. The molecule has 2 rings (SSSR count). The van der Waals surface area contributed by atoms with E-state index in [4.69, 9.17) is 18.9 Å². The Hall–Kier alpha value is -4.05. The Morgan fingerprint density at radius 2 is 0.911 bits per heavy atom. The molecule has 14 nitrogen and oxygen atoms in total. The molecule has 0 heterocycles. The first kappa shape index (κ1) is 56.3. The van der Waals surface area contributed by atoms with Gasteiger partial charge in [0.1, 0.15) is 28.2 Å². The maximum absolute atomic E-state index is 12.4. The van der Waals surface area contributed by atoms with Crippen molar-refractivity contribution in [3.05, 3.63) is 54.6 Å². The molecule has 0 spiro atoms. The van der Waals surface area contributed by atoms with Crippen LogP contribution in [0.25, 0.3) is 0 Å². The van der Waals surface area contributed by atoms with Gasteiger partial charge in [0.2, 0.25) is 0 Å². The molecule has 0 aliphatic heterocycles. The maximum atomic E-state index is 12.4. The summed E-state index contributed by atoms with van der Waals surface area (Å²) in [4.78, 5) is 46.5. The largest absolute Gasteiger partial charge is 2.00 e. The number of hydrogen-bond donors (Lipinski definition) is 1. The molecule has 0 aliphatic carbocycles. The number of alkyl halides is 6. The molecule has 4 amide bonds. The number of carbonyl (C=O) groups excluding carboxylic acids is 4. The zero-order chi connectivity index (χ0) is 42.3. The summed E-state index contributed by atoms with van der Waals surface area (Å²) < 4.78 is 98.6. The predicted octanol–water partition coefficient (Wildman–Crippen LogP) is 7.08. The smallest absolute Gasteiger partial charge is 1.00 e. The minimum Gasteiger partial charge on any atom is -1.00 e. The summed E-state index contributed by atoms with van der Waals surface area (Å²) in [6.45, 7) is 19.9. The van der Waals surface area contributed by atoms with Crippen molar-refractivity contribution < 1.29 is 90.9 Å². The summed E-state index contributed by atoms with van der Waals surface area (Å²) in [7, 11) is 0. The number of azo groups is 1.